The largest absolute Gasteiger partial charge is 0.494 e. The SMILES string of the molecule is CC1(C)OB(c2cccc(-c3cccc(-c4nc5c(ccc6ccccc65)o4)c3)c2)OC1(C)C. The number of hydrogen-bond acceptors (Lipinski definition) is 4. The Morgan fingerprint density at radius 3 is 2.15 bits per heavy atom. The first-order chi connectivity index (χ1) is 16.3. The van der Waals surface area contributed by atoms with Crippen LogP contribution in [0.25, 0.3) is 44.5 Å². The van der Waals surface area contributed by atoms with Crippen molar-refractivity contribution < 1.29 is 13.7 Å². The molecule has 0 bridgehead atoms. The molecular formula is C29H26BNO3. The van der Waals surface area contributed by atoms with Crippen molar-refractivity contribution >= 4 is 34.5 Å². The summed E-state index contributed by atoms with van der Waals surface area (Å²) in [6.07, 6.45) is 0. The van der Waals surface area contributed by atoms with Crippen LogP contribution in [0.4, 0.5) is 0 Å². The van der Waals surface area contributed by atoms with E-state index in [2.05, 4.69) is 76.2 Å². The predicted octanol–water partition coefficient (Wildman–Crippen LogP) is 6.61. The van der Waals surface area contributed by atoms with E-state index in [4.69, 9.17) is 18.7 Å². The van der Waals surface area contributed by atoms with Crippen molar-refractivity contribution in [1.29, 1.82) is 0 Å². The van der Waals surface area contributed by atoms with Crippen LogP contribution in [0, 0.1) is 0 Å². The fourth-order valence-corrected chi connectivity index (χ4v) is 4.46. The minimum Gasteiger partial charge on any atom is -0.436 e. The number of rotatable bonds is 3. The van der Waals surface area contributed by atoms with Gasteiger partial charge in [0.25, 0.3) is 0 Å². The second-order valence-corrected chi connectivity index (χ2v) is 9.95. The van der Waals surface area contributed by atoms with Crippen molar-refractivity contribution in [2.24, 2.45) is 0 Å². The Morgan fingerprint density at radius 1 is 0.676 bits per heavy atom. The molecule has 1 aliphatic rings. The van der Waals surface area contributed by atoms with Crippen molar-refractivity contribution in [3.63, 3.8) is 0 Å². The van der Waals surface area contributed by atoms with Crippen LogP contribution < -0.4 is 5.46 Å². The standard InChI is InChI=1S/C29H26BNO3/c1-28(2)29(3,4)34-30(33-28)23-13-8-11-21(18-23)20-10-7-12-22(17-20)27-31-26-24-14-6-5-9-19(24)15-16-25(26)32-27/h5-18H,1-4H3. The molecule has 6 rings (SSSR count). The van der Waals surface area contributed by atoms with Gasteiger partial charge in [-0.2, -0.15) is 0 Å². The highest BCUT2D eigenvalue weighted by atomic mass is 16.7. The topological polar surface area (TPSA) is 44.5 Å². The van der Waals surface area contributed by atoms with Crippen molar-refractivity contribution in [3.8, 4) is 22.6 Å². The summed E-state index contributed by atoms with van der Waals surface area (Å²) in [6, 6.07) is 29.0. The van der Waals surface area contributed by atoms with Crippen LogP contribution in [0.3, 0.4) is 0 Å². The molecule has 2 heterocycles. The van der Waals surface area contributed by atoms with Gasteiger partial charge in [-0.3, -0.25) is 0 Å². The molecule has 4 aromatic carbocycles. The highest BCUT2D eigenvalue weighted by Crippen LogP contribution is 2.37. The zero-order chi connectivity index (χ0) is 23.5. The first-order valence-electron chi connectivity index (χ1n) is 11.7. The Kier molecular flexibility index (Phi) is 4.70. The summed E-state index contributed by atoms with van der Waals surface area (Å²) in [5.74, 6) is 0.621. The van der Waals surface area contributed by atoms with Gasteiger partial charge in [-0.15, -0.1) is 0 Å². The summed E-state index contributed by atoms with van der Waals surface area (Å²) in [6.45, 7) is 8.29. The first kappa shape index (κ1) is 21.1. The Labute approximate surface area is 199 Å². The zero-order valence-electron chi connectivity index (χ0n) is 19.8. The fraction of sp³-hybridized carbons (Fsp3) is 0.207. The Bertz CT molecular complexity index is 1520. The van der Waals surface area contributed by atoms with Crippen LogP contribution in [-0.2, 0) is 9.31 Å². The van der Waals surface area contributed by atoms with E-state index in [1.807, 2.05) is 36.4 Å². The van der Waals surface area contributed by atoms with Gasteiger partial charge in [0, 0.05) is 10.9 Å². The van der Waals surface area contributed by atoms with Crippen molar-refractivity contribution in [2.75, 3.05) is 0 Å². The normalized spacial score (nSPS) is 17.0. The lowest BCUT2D eigenvalue weighted by atomic mass is 9.78. The summed E-state index contributed by atoms with van der Waals surface area (Å²) in [7, 11) is -0.390. The molecule has 0 atom stereocenters. The maximum Gasteiger partial charge on any atom is 0.494 e. The van der Waals surface area contributed by atoms with Gasteiger partial charge in [-0.05, 0) is 67.9 Å². The second-order valence-electron chi connectivity index (χ2n) is 9.95. The van der Waals surface area contributed by atoms with Crippen molar-refractivity contribution in [2.45, 2.75) is 38.9 Å². The Balaban J connectivity index is 1.36. The van der Waals surface area contributed by atoms with E-state index in [0.29, 0.717) is 5.89 Å². The van der Waals surface area contributed by atoms with E-state index in [-0.39, 0.29) is 11.2 Å². The number of fused-ring (bicyclic) bond motifs is 3. The van der Waals surface area contributed by atoms with Crippen LogP contribution in [-0.4, -0.2) is 23.3 Å². The van der Waals surface area contributed by atoms with Gasteiger partial charge in [-0.1, -0.05) is 66.7 Å². The van der Waals surface area contributed by atoms with Crippen molar-refractivity contribution in [3.05, 3.63) is 84.9 Å². The molecule has 0 aliphatic carbocycles. The molecule has 0 spiro atoms. The van der Waals surface area contributed by atoms with Gasteiger partial charge in [-0.25, -0.2) is 4.98 Å². The number of benzene rings is 4. The smallest absolute Gasteiger partial charge is 0.436 e. The molecule has 0 amide bonds. The zero-order valence-corrected chi connectivity index (χ0v) is 19.8. The van der Waals surface area contributed by atoms with E-state index >= 15 is 0 Å². The fourth-order valence-electron chi connectivity index (χ4n) is 4.46. The average Bonchev–Trinajstić information content (AvgIpc) is 3.37. The molecule has 0 radical (unpaired) electrons. The second kappa shape index (κ2) is 7.56. The van der Waals surface area contributed by atoms with Gasteiger partial charge < -0.3 is 13.7 Å². The maximum absolute atomic E-state index is 6.26. The molecule has 1 aromatic heterocycles. The summed E-state index contributed by atoms with van der Waals surface area (Å²) in [5.41, 5.74) is 5.07. The molecule has 4 nitrogen and oxygen atoms in total. The van der Waals surface area contributed by atoms with Crippen LogP contribution in [0.1, 0.15) is 27.7 Å². The van der Waals surface area contributed by atoms with E-state index in [1.165, 1.54) is 0 Å². The molecule has 0 saturated carbocycles. The minimum absolute atomic E-state index is 0.370. The average molecular weight is 447 g/mol. The molecule has 1 fully saturated rings. The van der Waals surface area contributed by atoms with Crippen LogP contribution in [0.5, 0.6) is 0 Å². The van der Waals surface area contributed by atoms with E-state index < -0.39 is 7.12 Å². The number of aromatic nitrogens is 1. The lowest BCUT2D eigenvalue weighted by Gasteiger charge is -2.32. The third kappa shape index (κ3) is 3.44. The third-order valence-electron chi connectivity index (χ3n) is 7.14. The predicted molar refractivity (Wildman–Crippen MR) is 138 cm³/mol. The van der Waals surface area contributed by atoms with Gasteiger partial charge in [0.1, 0.15) is 5.52 Å². The van der Waals surface area contributed by atoms with E-state index in [1.54, 1.807) is 0 Å². The lowest BCUT2D eigenvalue weighted by molar-refractivity contribution is 0.00578. The molecule has 1 saturated heterocycles. The molecule has 5 aromatic rings. The van der Waals surface area contributed by atoms with Crippen LogP contribution >= 0.6 is 0 Å². The highest BCUT2D eigenvalue weighted by Gasteiger charge is 2.51. The highest BCUT2D eigenvalue weighted by molar-refractivity contribution is 6.62. The summed E-state index contributed by atoms with van der Waals surface area (Å²) in [5, 5.41) is 2.25. The van der Waals surface area contributed by atoms with Crippen LogP contribution in [0.2, 0.25) is 0 Å². The summed E-state index contributed by atoms with van der Waals surface area (Å²) in [4.78, 5) is 4.85. The molecule has 34 heavy (non-hydrogen) atoms. The van der Waals surface area contributed by atoms with Gasteiger partial charge in [0.05, 0.1) is 11.2 Å². The summed E-state index contributed by atoms with van der Waals surface area (Å²) >= 11 is 0. The van der Waals surface area contributed by atoms with E-state index in [0.717, 1.165) is 44.0 Å². The Morgan fingerprint density at radius 2 is 1.35 bits per heavy atom. The molecule has 5 heteroatoms. The monoisotopic (exact) mass is 447 g/mol. The maximum atomic E-state index is 6.26. The number of hydrogen-bond donors (Lipinski definition) is 0. The van der Waals surface area contributed by atoms with Crippen molar-refractivity contribution in [1.82, 2.24) is 4.98 Å². The molecule has 0 unspecified atom stereocenters. The van der Waals surface area contributed by atoms with Gasteiger partial charge >= 0.3 is 7.12 Å². The number of nitrogens with zero attached hydrogens (tertiary/aromatic N) is 1. The molecule has 1 aliphatic heterocycles. The lowest BCUT2D eigenvalue weighted by Crippen LogP contribution is -2.41. The third-order valence-corrected chi connectivity index (χ3v) is 7.14. The van der Waals surface area contributed by atoms with E-state index in [9.17, 15) is 0 Å². The summed E-state index contributed by atoms with van der Waals surface area (Å²) < 4.78 is 18.7. The van der Waals surface area contributed by atoms with Crippen LogP contribution in [0.15, 0.2) is 89.3 Å². The molecule has 168 valence electrons. The first-order valence-corrected chi connectivity index (χ1v) is 11.7. The number of oxazole rings is 1. The van der Waals surface area contributed by atoms with Gasteiger partial charge in [0.15, 0.2) is 5.58 Å². The van der Waals surface area contributed by atoms with Gasteiger partial charge in [0.2, 0.25) is 5.89 Å². The quantitative estimate of drug-likeness (QED) is 0.292. The molecule has 0 N–H and O–H groups in total. The molecular weight excluding hydrogens is 421 g/mol. The minimum atomic E-state index is -0.390. The Hall–Kier alpha value is -3.41.